The number of H-pyrrole nitrogens is 1. The zero-order valence-corrected chi connectivity index (χ0v) is 14.2. The van der Waals surface area contributed by atoms with Crippen LogP contribution in [0.4, 0.5) is 5.69 Å². The highest BCUT2D eigenvalue weighted by atomic mass is 16.5. The number of ether oxygens (including phenoxy) is 2. The van der Waals surface area contributed by atoms with E-state index in [-0.39, 0.29) is 5.91 Å². The zero-order valence-electron chi connectivity index (χ0n) is 14.2. The number of hydrogen-bond donors (Lipinski definition) is 2. The molecule has 2 N–H and O–H groups in total. The summed E-state index contributed by atoms with van der Waals surface area (Å²) >= 11 is 0. The molecule has 0 unspecified atom stereocenters. The van der Waals surface area contributed by atoms with Crippen LogP contribution in [0.15, 0.2) is 42.6 Å². The minimum Gasteiger partial charge on any atom is -0.493 e. The lowest BCUT2D eigenvalue weighted by Gasteiger charge is -2.10. The Labute approximate surface area is 145 Å². The molecule has 0 radical (unpaired) electrons. The second-order valence-electron chi connectivity index (χ2n) is 5.31. The molecule has 1 aromatic carbocycles. The smallest absolute Gasteiger partial charge is 0.274 e. The number of carbonyl (C=O) groups excluding carboxylic acids is 1. The number of benzene rings is 1. The number of amides is 1. The van der Waals surface area contributed by atoms with Gasteiger partial charge in [-0.25, -0.2) is 0 Å². The van der Waals surface area contributed by atoms with Gasteiger partial charge in [0, 0.05) is 11.8 Å². The lowest BCUT2D eigenvalue weighted by Crippen LogP contribution is -2.14. The first-order valence-corrected chi connectivity index (χ1v) is 7.63. The minimum absolute atomic E-state index is 0.299. The average Bonchev–Trinajstić information content (AvgIpc) is 3.02. The molecule has 2 heterocycles. The number of rotatable bonds is 5. The molecular weight excluding hydrogens is 320 g/mol. The normalized spacial score (nSPS) is 10.4. The Morgan fingerprint density at radius 2 is 1.92 bits per heavy atom. The van der Waals surface area contributed by atoms with E-state index < -0.39 is 0 Å². The Bertz CT molecular complexity index is 891. The fraction of sp³-hybridized carbons (Fsp3) is 0.167. The van der Waals surface area contributed by atoms with Gasteiger partial charge in [0.2, 0.25) is 0 Å². The summed E-state index contributed by atoms with van der Waals surface area (Å²) in [4.78, 5) is 16.5. The quantitative estimate of drug-likeness (QED) is 0.746. The van der Waals surface area contributed by atoms with Crippen molar-refractivity contribution >= 4 is 11.6 Å². The summed E-state index contributed by atoms with van der Waals surface area (Å²) in [6.07, 6.45) is 1.58. The van der Waals surface area contributed by atoms with Crippen molar-refractivity contribution in [1.29, 1.82) is 0 Å². The Kier molecular flexibility index (Phi) is 4.65. The van der Waals surface area contributed by atoms with Crippen molar-refractivity contribution in [2.45, 2.75) is 6.92 Å². The first-order valence-electron chi connectivity index (χ1n) is 7.63. The number of nitrogens with zero attached hydrogens (tertiary/aromatic N) is 2. The molecule has 25 heavy (non-hydrogen) atoms. The minimum atomic E-state index is -0.299. The molecule has 3 rings (SSSR count). The predicted octanol–water partition coefficient (Wildman–Crippen LogP) is 3.05. The molecule has 2 aromatic heterocycles. The van der Waals surface area contributed by atoms with Crippen molar-refractivity contribution in [2.75, 3.05) is 19.5 Å². The van der Waals surface area contributed by atoms with Gasteiger partial charge < -0.3 is 14.8 Å². The fourth-order valence-electron chi connectivity index (χ4n) is 2.45. The first kappa shape index (κ1) is 16.5. The van der Waals surface area contributed by atoms with E-state index in [4.69, 9.17) is 9.47 Å². The average molecular weight is 338 g/mol. The summed E-state index contributed by atoms with van der Waals surface area (Å²) < 4.78 is 10.6. The highest BCUT2D eigenvalue weighted by Gasteiger charge is 2.18. The summed E-state index contributed by atoms with van der Waals surface area (Å²) in [6, 6.07) is 10.6. The molecule has 128 valence electrons. The topological polar surface area (TPSA) is 89.1 Å². The number of methoxy groups -OCH3 is 2. The van der Waals surface area contributed by atoms with Crippen LogP contribution in [0.2, 0.25) is 0 Å². The van der Waals surface area contributed by atoms with Crippen molar-refractivity contribution in [2.24, 2.45) is 0 Å². The SMILES string of the molecule is COc1ccc(-c2n[nH]c(C)c2NC(=O)c2ccccn2)cc1OC. The molecule has 0 atom stereocenters. The van der Waals surface area contributed by atoms with Gasteiger partial charge in [-0.15, -0.1) is 0 Å². The number of aryl methyl sites for hydroxylation is 1. The Morgan fingerprint density at radius 1 is 1.12 bits per heavy atom. The summed E-state index contributed by atoms with van der Waals surface area (Å²) in [5.41, 5.74) is 3.08. The van der Waals surface area contributed by atoms with E-state index in [1.165, 1.54) is 0 Å². The summed E-state index contributed by atoms with van der Waals surface area (Å²) in [7, 11) is 3.15. The van der Waals surface area contributed by atoms with Gasteiger partial charge in [-0.2, -0.15) is 5.10 Å². The van der Waals surface area contributed by atoms with Gasteiger partial charge in [-0.3, -0.25) is 14.9 Å². The molecule has 7 heteroatoms. The first-order chi connectivity index (χ1) is 12.1. The van der Waals surface area contributed by atoms with Crippen LogP contribution in [-0.2, 0) is 0 Å². The monoisotopic (exact) mass is 338 g/mol. The predicted molar refractivity (Wildman–Crippen MR) is 94.1 cm³/mol. The van der Waals surface area contributed by atoms with Crippen molar-refractivity contribution < 1.29 is 14.3 Å². The summed E-state index contributed by atoms with van der Waals surface area (Å²) in [6.45, 7) is 1.84. The maximum absolute atomic E-state index is 12.4. The number of hydrogen-bond acceptors (Lipinski definition) is 5. The second kappa shape index (κ2) is 7.04. The van der Waals surface area contributed by atoms with Crippen LogP contribution in [0.25, 0.3) is 11.3 Å². The molecule has 3 aromatic rings. The Morgan fingerprint density at radius 3 is 2.60 bits per heavy atom. The van der Waals surface area contributed by atoms with Crippen LogP contribution in [0, 0.1) is 6.92 Å². The third kappa shape index (κ3) is 3.30. The second-order valence-corrected chi connectivity index (χ2v) is 5.31. The largest absolute Gasteiger partial charge is 0.493 e. The maximum Gasteiger partial charge on any atom is 0.274 e. The third-order valence-corrected chi connectivity index (χ3v) is 3.74. The molecule has 0 saturated heterocycles. The van der Waals surface area contributed by atoms with Crippen molar-refractivity contribution in [3.05, 3.63) is 54.0 Å². The molecule has 0 aliphatic carbocycles. The number of aromatic nitrogens is 3. The Hall–Kier alpha value is -3.35. The van der Waals surface area contributed by atoms with Gasteiger partial charge in [0.05, 0.1) is 25.6 Å². The highest BCUT2D eigenvalue weighted by molar-refractivity contribution is 6.05. The van der Waals surface area contributed by atoms with Crippen LogP contribution >= 0.6 is 0 Å². The standard InChI is InChI=1S/C18H18N4O3/c1-11-16(20-18(23)13-6-4-5-9-19-13)17(22-21-11)12-7-8-14(24-2)15(10-12)25-3/h4-10H,1-3H3,(H,20,23)(H,21,22). The molecule has 0 bridgehead atoms. The van der Waals surface area contributed by atoms with Gasteiger partial charge >= 0.3 is 0 Å². The van der Waals surface area contributed by atoms with Gasteiger partial charge in [0.1, 0.15) is 11.4 Å². The molecule has 1 amide bonds. The maximum atomic E-state index is 12.4. The van der Waals surface area contributed by atoms with Crippen molar-refractivity contribution in [1.82, 2.24) is 15.2 Å². The van der Waals surface area contributed by atoms with E-state index in [0.717, 1.165) is 11.3 Å². The molecule has 0 fully saturated rings. The van der Waals surface area contributed by atoms with Crippen molar-refractivity contribution in [3.8, 4) is 22.8 Å². The molecule has 0 spiro atoms. The number of pyridine rings is 1. The number of nitrogens with one attached hydrogen (secondary N) is 2. The van der Waals surface area contributed by atoms with Crippen molar-refractivity contribution in [3.63, 3.8) is 0 Å². The third-order valence-electron chi connectivity index (χ3n) is 3.74. The molecule has 0 aliphatic rings. The number of aromatic amines is 1. The zero-order chi connectivity index (χ0) is 17.8. The van der Waals surface area contributed by atoms with E-state index in [2.05, 4.69) is 20.5 Å². The van der Waals surface area contributed by atoms with Crippen LogP contribution in [-0.4, -0.2) is 35.3 Å². The van der Waals surface area contributed by atoms with Crippen LogP contribution in [0.3, 0.4) is 0 Å². The van der Waals surface area contributed by atoms with E-state index >= 15 is 0 Å². The Balaban J connectivity index is 1.96. The van der Waals surface area contributed by atoms with Gasteiger partial charge in [0.25, 0.3) is 5.91 Å². The molecular formula is C18H18N4O3. The molecule has 0 aliphatic heterocycles. The van der Waals surface area contributed by atoms with E-state index in [9.17, 15) is 4.79 Å². The lowest BCUT2D eigenvalue weighted by atomic mass is 10.1. The highest BCUT2D eigenvalue weighted by Crippen LogP contribution is 2.35. The summed E-state index contributed by atoms with van der Waals surface area (Å²) in [5.74, 6) is 0.909. The lowest BCUT2D eigenvalue weighted by molar-refractivity contribution is 0.102. The molecule has 0 saturated carbocycles. The number of anilines is 1. The van der Waals surface area contributed by atoms with Gasteiger partial charge in [-0.05, 0) is 37.3 Å². The van der Waals surface area contributed by atoms with Crippen LogP contribution in [0.1, 0.15) is 16.2 Å². The van der Waals surface area contributed by atoms with E-state index in [1.54, 1.807) is 44.7 Å². The number of carbonyl (C=O) groups is 1. The fourth-order valence-corrected chi connectivity index (χ4v) is 2.45. The van der Waals surface area contributed by atoms with Gasteiger partial charge in [0.15, 0.2) is 11.5 Å². The van der Waals surface area contributed by atoms with Crippen LogP contribution < -0.4 is 14.8 Å². The molecule has 7 nitrogen and oxygen atoms in total. The van der Waals surface area contributed by atoms with E-state index in [1.807, 2.05) is 19.1 Å². The van der Waals surface area contributed by atoms with E-state index in [0.29, 0.717) is 28.6 Å². The van der Waals surface area contributed by atoms with Gasteiger partial charge in [-0.1, -0.05) is 6.07 Å². The van der Waals surface area contributed by atoms with Crippen LogP contribution in [0.5, 0.6) is 11.5 Å². The summed E-state index contributed by atoms with van der Waals surface area (Å²) in [5, 5.41) is 10.1.